The highest BCUT2D eigenvalue weighted by Crippen LogP contribution is 2.54. The van der Waals surface area contributed by atoms with Crippen LogP contribution in [-0.2, 0) is 16.0 Å². The summed E-state index contributed by atoms with van der Waals surface area (Å²) in [6, 6.07) is 22.8. The normalized spacial score (nSPS) is 17.2. The van der Waals surface area contributed by atoms with Crippen LogP contribution in [0.3, 0.4) is 0 Å². The van der Waals surface area contributed by atoms with Crippen LogP contribution in [-0.4, -0.2) is 78.4 Å². The number of halogens is 3. The Morgan fingerprint density at radius 2 is 1.30 bits per heavy atom. The number of nitrogens with zero attached hydrogens (tertiary/aromatic N) is 3. The van der Waals surface area contributed by atoms with Gasteiger partial charge in [0, 0.05) is 36.2 Å². The van der Waals surface area contributed by atoms with E-state index in [9.17, 15) is 27.6 Å². The number of carbonyl (C=O) groups is 3. The van der Waals surface area contributed by atoms with Crippen molar-refractivity contribution in [2.24, 2.45) is 17.3 Å². The first-order valence-corrected chi connectivity index (χ1v) is 19.4. The van der Waals surface area contributed by atoms with Crippen LogP contribution in [0, 0.1) is 17.3 Å². The summed E-state index contributed by atoms with van der Waals surface area (Å²) in [5.41, 5.74) is 3.13. The molecular weight excluding hydrogens is 722 g/mol. The number of hydrogen-bond donors (Lipinski definition) is 1. The van der Waals surface area contributed by atoms with Gasteiger partial charge in [-0.1, -0.05) is 55.0 Å². The molecule has 3 aliphatic rings. The zero-order chi connectivity index (χ0) is 39.5. The van der Waals surface area contributed by atoms with E-state index in [1.807, 2.05) is 60.7 Å². The standard InChI is InChI=1S/C25H27F3N2O3.C19H22N2O2/c1-17(31)19-3-5-20(6-4-19)22-8-7-21(15-29-22)33-16-18-9-13-30(14-10-18)23(32)24(11-2-12-24)25(26,27)28;22-12-9-15-1-3-17(4-2-15)19-6-5-18(13-21-19)23-14-16-7-10-20-11-8-16/h3-8,15,18H,2,9-14,16H2,1H3;1-6,12-13,16,20H,7-11,14H2. The fourth-order valence-electron chi connectivity index (χ4n) is 7.29. The molecule has 1 saturated carbocycles. The van der Waals surface area contributed by atoms with Crippen LogP contribution in [0.25, 0.3) is 22.5 Å². The van der Waals surface area contributed by atoms with Crippen molar-refractivity contribution in [3.63, 3.8) is 0 Å². The number of aldehydes is 1. The minimum absolute atomic E-state index is 0.0105. The summed E-state index contributed by atoms with van der Waals surface area (Å²) in [6.45, 7) is 5.56. The Hall–Kier alpha value is -5.10. The van der Waals surface area contributed by atoms with Crippen molar-refractivity contribution in [2.45, 2.75) is 64.5 Å². The summed E-state index contributed by atoms with van der Waals surface area (Å²) < 4.78 is 52.0. The van der Waals surface area contributed by atoms with E-state index in [0.717, 1.165) is 59.8 Å². The maximum Gasteiger partial charge on any atom is 0.403 e. The second-order valence-electron chi connectivity index (χ2n) is 14.9. The highest BCUT2D eigenvalue weighted by Gasteiger charge is 2.64. The molecule has 12 heteroatoms. The molecule has 2 saturated heterocycles. The molecule has 0 radical (unpaired) electrons. The fraction of sp³-hybridized carbons (Fsp3) is 0.432. The van der Waals surface area contributed by atoms with Gasteiger partial charge in [0.1, 0.15) is 23.2 Å². The highest BCUT2D eigenvalue weighted by molar-refractivity contribution is 5.94. The average Bonchev–Trinajstić information content (AvgIpc) is 3.20. The molecule has 1 N–H and O–H groups in total. The molecule has 7 rings (SSSR count). The van der Waals surface area contributed by atoms with Gasteiger partial charge in [0.05, 0.1) is 37.0 Å². The number of nitrogens with one attached hydrogen (secondary N) is 1. The van der Waals surface area contributed by atoms with Gasteiger partial charge in [-0.15, -0.1) is 0 Å². The molecule has 2 aromatic heterocycles. The van der Waals surface area contributed by atoms with Crippen LogP contribution in [0.2, 0.25) is 0 Å². The van der Waals surface area contributed by atoms with E-state index in [2.05, 4.69) is 15.3 Å². The third-order valence-electron chi connectivity index (χ3n) is 11.1. The zero-order valence-electron chi connectivity index (χ0n) is 31.7. The number of ketones is 1. The number of hydrogen-bond acceptors (Lipinski definition) is 8. The Morgan fingerprint density at radius 3 is 1.73 bits per heavy atom. The van der Waals surface area contributed by atoms with Crippen LogP contribution in [0.1, 0.15) is 67.8 Å². The molecular formula is C44H49F3N4O5. The first-order chi connectivity index (χ1) is 27.0. The smallest absolute Gasteiger partial charge is 0.403 e. The summed E-state index contributed by atoms with van der Waals surface area (Å²) in [5, 5.41) is 3.36. The Balaban J connectivity index is 0.000000202. The van der Waals surface area contributed by atoms with Gasteiger partial charge in [0.15, 0.2) is 5.78 Å². The molecule has 1 aliphatic carbocycles. The quantitative estimate of drug-likeness (QED) is 0.114. The second-order valence-corrected chi connectivity index (χ2v) is 14.9. The number of aromatic nitrogens is 2. The SMILES string of the molecule is CC(=O)c1ccc(-c2ccc(OCC3CCN(C(=O)C4(C(F)(F)F)CCC4)CC3)cn2)cc1.O=CCc1ccc(-c2ccc(OCC3CCNCC3)cn2)cc1. The van der Waals surface area contributed by atoms with E-state index < -0.39 is 17.5 Å². The van der Waals surface area contributed by atoms with Gasteiger partial charge in [0.2, 0.25) is 5.91 Å². The second kappa shape index (κ2) is 18.7. The number of amides is 1. The van der Waals surface area contributed by atoms with Gasteiger partial charge < -0.3 is 24.5 Å². The van der Waals surface area contributed by atoms with Gasteiger partial charge in [-0.25, -0.2) is 0 Å². The topological polar surface area (TPSA) is 111 Å². The summed E-state index contributed by atoms with van der Waals surface area (Å²) >= 11 is 0. The molecule has 3 fully saturated rings. The maximum absolute atomic E-state index is 13.4. The molecule has 2 aromatic carbocycles. The van der Waals surface area contributed by atoms with Crippen molar-refractivity contribution in [3.8, 4) is 34.0 Å². The fourth-order valence-corrected chi connectivity index (χ4v) is 7.29. The van der Waals surface area contributed by atoms with Crippen LogP contribution in [0.5, 0.6) is 11.5 Å². The predicted molar refractivity (Wildman–Crippen MR) is 207 cm³/mol. The number of ether oxygens (including phenoxy) is 2. The van der Waals surface area contributed by atoms with Gasteiger partial charge in [-0.05, 0) is 100 Å². The number of piperidine rings is 2. The van der Waals surface area contributed by atoms with Crippen molar-refractivity contribution in [2.75, 3.05) is 39.4 Å². The van der Waals surface area contributed by atoms with Crippen molar-refractivity contribution in [1.82, 2.24) is 20.2 Å². The lowest BCUT2D eigenvalue weighted by molar-refractivity contribution is -0.249. The molecule has 4 aromatic rings. The van der Waals surface area contributed by atoms with Crippen molar-refractivity contribution >= 4 is 18.0 Å². The van der Waals surface area contributed by atoms with Crippen molar-refractivity contribution in [1.29, 1.82) is 0 Å². The molecule has 0 bridgehead atoms. The number of carbonyl (C=O) groups excluding carboxylic acids is 3. The molecule has 56 heavy (non-hydrogen) atoms. The zero-order valence-corrected chi connectivity index (χ0v) is 31.7. The van der Waals surface area contributed by atoms with E-state index in [1.165, 1.54) is 24.7 Å². The lowest BCUT2D eigenvalue weighted by Crippen LogP contribution is -2.57. The third-order valence-corrected chi connectivity index (χ3v) is 11.1. The predicted octanol–water partition coefficient (Wildman–Crippen LogP) is 8.17. The Kier molecular flexibility index (Phi) is 13.5. The van der Waals surface area contributed by atoms with Gasteiger partial charge in [-0.3, -0.25) is 19.6 Å². The minimum Gasteiger partial charge on any atom is -0.492 e. The molecule has 4 heterocycles. The number of benzene rings is 2. The maximum atomic E-state index is 13.4. The van der Waals surface area contributed by atoms with Crippen molar-refractivity contribution < 1.29 is 37.0 Å². The number of Topliss-reactive ketones (excluding diaryl/α,β-unsaturated/α-hetero) is 1. The molecule has 2 aliphatic heterocycles. The summed E-state index contributed by atoms with van der Waals surface area (Å²) in [7, 11) is 0. The number of likely N-dealkylation sites (tertiary alicyclic amines) is 1. The Bertz CT molecular complexity index is 1880. The average molecular weight is 771 g/mol. The van der Waals surface area contributed by atoms with E-state index in [1.54, 1.807) is 24.5 Å². The van der Waals surface area contributed by atoms with E-state index >= 15 is 0 Å². The molecule has 0 spiro atoms. The van der Waals surface area contributed by atoms with Gasteiger partial charge in [0.25, 0.3) is 0 Å². The van der Waals surface area contributed by atoms with Gasteiger partial charge in [-0.2, -0.15) is 13.2 Å². The van der Waals surface area contributed by atoms with Crippen molar-refractivity contribution in [3.05, 3.63) is 96.3 Å². The monoisotopic (exact) mass is 770 g/mol. The minimum atomic E-state index is -4.48. The Labute approximate surface area is 326 Å². The molecule has 296 valence electrons. The van der Waals surface area contributed by atoms with Crippen LogP contribution < -0.4 is 14.8 Å². The Morgan fingerprint density at radius 1 is 0.786 bits per heavy atom. The van der Waals surface area contributed by atoms with Crippen LogP contribution in [0.15, 0.2) is 85.2 Å². The highest BCUT2D eigenvalue weighted by atomic mass is 19.4. The van der Waals surface area contributed by atoms with E-state index in [4.69, 9.17) is 9.47 Å². The first-order valence-electron chi connectivity index (χ1n) is 19.4. The van der Waals surface area contributed by atoms with Crippen LogP contribution >= 0.6 is 0 Å². The molecule has 0 atom stereocenters. The largest absolute Gasteiger partial charge is 0.492 e. The molecule has 1 amide bonds. The lowest BCUT2D eigenvalue weighted by atomic mass is 9.67. The number of alkyl halides is 3. The first kappa shape index (κ1) is 40.6. The number of pyridine rings is 2. The lowest BCUT2D eigenvalue weighted by Gasteiger charge is -2.45. The van der Waals surface area contributed by atoms with E-state index in [-0.39, 0.29) is 24.5 Å². The summed E-state index contributed by atoms with van der Waals surface area (Å²) in [4.78, 5) is 44.8. The number of rotatable bonds is 12. The summed E-state index contributed by atoms with van der Waals surface area (Å²) in [5.74, 6) is 1.51. The molecule has 9 nitrogen and oxygen atoms in total. The van der Waals surface area contributed by atoms with E-state index in [0.29, 0.717) is 62.6 Å². The summed E-state index contributed by atoms with van der Waals surface area (Å²) in [6.07, 6.45) is 4.18. The van der Waals surface area contributed by atoms with Gasteiger partial charge >= 0.3 is 6.18 Å². The molecule has 0 unspecified atom stereocenters. The van der Waals surface area contributed by atoms with Crippen LogP contribution in [0.4, 0.5) is 13.2 Å². The third kappa shape index (κ3) is 10.2.